The number of hydrogen-bond donors (Lipinski definition) is 6. The zero-order chi connectivity index (χ0) is 52.4. The summed E-state index contributed by atoms with van der Waals surface area (Å²) in [5.74, 6) is -5.19. The van der Waals surface area contributed by atoms with Gasteiger partial charge < -0.3 is 78.0 Å². The maximum absolute atomic E-state index is 13.1. The summed E-state index contributed by atoms with van der Waals surface area (Å²) in [5, 5.41) is 59.6. The van der Waals surface area contributed by atoms with Crippen LogP contribution in [0.25, 0.3) is 0 Å². The molecule has 8 atom stereocenters. The van der Waals surface area contributed by atoms with Crippen molar-refractivity contribution in [3.05, 3.63) is 98.6 Å². The van der Waals surface area contributed by atoms with Crippen molar-refractivity contribution in [2.24, 2.45) is 23.7 Å². The molecule has 6 rings (SSSR count). The third kappa shape index (κ3) is 11.3. The summed E-state index contributed by atoms with van der Waals surface area (Å²) in [6.45, 7) is 2.94. The van der Waals surface area contributed by atoms with E-state index in [1.165, 1.54) is 87.9 Å². The number of aromatic hydroxyl groups is 2. The molecule has 2 aliphatic rings. The normalized spacial score (nSPS) is 21.4. The average molecular weight is 995 g/mol. The zero-order valence-corrected chi connectivity index (χ0v) is 41.2. The van der Waals surface area contributed by atoms with Crippen molar-refractivity contribution >= 4 is 23.5 Å². The Morgan fingerprint density at radius 1 is 0.479 bits per heavy atom. The summed E-state index contributed by atoms with van der Waals surface area (Å²) in [7, 11) is 9.59. The van der Waals surface area contributed by atoms with Gasteiger partial charge in [0, 0.05) is 18.2 Å². The Balaban J connectivity index is 0.000000265. The maximum Gasteiger partial charge on any atom is 0.312 e. The molecule has 0 saturated carbocycles. The van der Waals surface area contributed by atoms with Crippen LogP contribution in [0.15, 0.2) is 48.5 Å². The minimum atomic E-state index is -1.06. The number of esters is 2. The molecule has 0 radical (unpaired) electrons. The molecular formula is C51H62O20. The van der Waals surface area contributed by atoms with E-state index in [1.54, 1.807) is 31.2 Å². The van der Waals surface area contributed by atoms with Gasteiger partial charge in [0.25, 0.3) is 0 Å². The van der Waals surface area contributed by atoms with Crippen molar-refractivity contribution in [2.45, 2.75) is 71.6 Å². The van der Waals surface area contributed by atoms with Crippen molar-refractivity contribution < 1.29 is 97.2 Å². The van der Waals surface area contributed by atoms with Crippen molar-refractivity contribution in [2.75, 3.05) is 56.6 Å². The number of rotatable bonds is 19. The second-order valence-electron chi connectivity index (χ2n) is 16.7. The average Bonchev–Trinajstić information content (AvgIpc) is 3.99. The predicted octanol–water partition coefficient (Wildman–Crippen LogP) is 4.69. The number of ketones is 2. The Labute approximate surface area is 410 Å². The van der Waals surface area contributed by atoms with Gasteiger partial charge in [0.15, 0.2) is 29.8 Å². The van der Waals surface area contributed by atoms with Crippen LogP contribution in [0.2, 0.25) is 0 Å². The lowest BCUT2D eigenvalue weighted by Gasteiger charge is -2.22. The van der Waals surface area contributed by atoms with E-state index in [0.717, 1.165) is 5.56 Å². The SMILES string of the molecule is COC(=O)[C@@H]1[C@@H](C(C)=O)[C@H](c2cc(CO)c(O)c(CO)c2)O[C@H]1c1cc(OC)c(O)c(OC)c1.COCOc1c(OC)cc([C@@H]2O[C@@H](c3cc(CO)c(C)c(CO)c3)[C@H](C(C)=O)[C@H]2C(=O)OC)cc1OC. The van der Waals surface area contributed by atoms with E-state index in [-0.39, 0.29) is 65.7 Å². The summed E-state index contributed by atoms with van der Waals surface area (Å²) in [6.07, 6.45) is -3.70. The molecule has 386 valence electrons. The van der Waals surface area contributed by atoms with E-state index in [4.69, 9.17) is 47.4 Å². The van der Waals surface area contributed by atoms with Gasteiger partial charge in [0.2, 0.25) is 11.5 Å². The highest BCUT2D eigenvalue weighted by molar-refractivity contribution is 5.88. The number of aliphatic hydroxyl groups is 4. The summed E-state index contributed by atoms with van der Waals surface area (Å²) < 4.78 is 54.9. The van der Waals surface area contributed by atoms with Gasteiger partial charge in [0.1, 0.15) is 17.3 Å². The molecule has 2 aliphatic heterocycles. The van der Waals surface area contributed by atoms with Crippen LogP contribution < -0.4 is 23.7 Å². The maximum atomic E-state index is 13.1. The van der Waals surface area contributed by atoms with E-state index in [9.17, 15) is 49.8 Å². The van der Waals surface area contributed by atoms with E-state index in [2.05, 4.69) is 0 Å². The van der Waals surface area contributed by atoms with E-state index in [1.807, 2.05) is 0 Å². The fraction of sp³-hybridized carbons (Fsp3) is 0.451. The summed E-state index contributed by atoms with van der Waals surface area (Å²) in [4.78, 5) is 51.7. The molecule has 6 N–H and O–H groups in total. The molecule has 2 fully saturated rings. The first-order chi connectivity index (χ1) is 34.0. The van der Waals surface area contributed by atoms with E-state index in [0.29, 0.717) is 50.6 Å². The lowest BCUT2D eigenvalue weighted by molar-refractivity contribution is -0.150. The summed E-state index contributed by atoms with van der Waals surface area (Å²) in [5.41, 5.74) is 4.07. The molecule has 2 saturated heterocycles. The molecule has 4 aromatic rings. The van der Waals surface area contributed by atoms with E-state index < -0.39 is 73.2 Å². The fourth-order valence-corrected chi connectivity index (χ4v) is 9.25. The molecule has 0 aliphatic carbocycles. The van der Waals surface area contributed by atoms with Crippen LogP contribution >= 0.6 is 0 Å². The molecule has 20 heteroatoms. The van der Waals surface area contributed by atoms with Gasteiger partial charge >= 0.3 is 11.9 Å². The second-order valence-corrected chi connectivity index (χ2v) is 16.7. The molecule has 0 bridgehead atoms. The molecular weight excluding hydrogens is 933 g/mol. The lowest BCUT2D eigenvalue weighted by Crippen LogP contribution is -2.31. The highest BCUT2D eigenvalue weighted by Gasteiger charge is 2.54. The van der Waals surface area contributed by atoms with Gasteiger partial charge in [-0.15, -0.1) is 0 Å². The number of benzene rings is 4. The molecule has 0 unspecified atom stereocenters. The van der Waals surface area contributed by atoms with Crippen molar-refractivity contribution in [3.8, 4) is 40.2 Å². The van der Waals surface area contributed by atoms with Gasteiger partial charge in [-0.25, -0.2) is 0 Å². The first kappa shape index (κ1) is 55.4. The number of phenols is 2. The number of ether oxygens (including phenoxy) is 10. The van der Waals surface area contributed by atoms with Crippen LogP contribution in [0.3, 0.4) is 0 Å². The molecule has 20 nitrogen and oxygen atoms in total. The Hall–Kier alpha value is -6.52. The van der Waals surface area contributed by atoms with Crippen LogP contribution in [-0.4, -0.2) is 111 Å². The number of aliphatic hydroxyl groups excluding tert-OH is 4. The second kappa shape index (κ2) is 24.5. The largest absolute Gasteiger partial charge is 0.507 e. The Bertz CT molecular complexity index is 2460. The van der Waals surface area contributed by atoms with Crippen molar-refractivity contribution in [3.63, 3.8) is 0 Å². The predicted molar refractivity (Wildman–Crippen MR) is 249 cm³/mol. The number of carbonyl (C=O) groups is 4. The molecule has 71 heavy (non-hydrogen) atoms. The van der Waals surface area contributed by atoms with Gasteiger partial charge in [-0.2, -0.15) is 0 Å². The first-order valence-corrected chi connectivity index (χ1v) is 22.2. The van der Waals surface area contributed by atoms with Gasteiger partial charge in [0.05, 0.1) is 117 Å². The molecule has 2 heterocycles. The first-order valence-electron chi connectivity index (χ1n) is 22.2. The van der Waals surface area contributed by atoms with E-state index >= 15 is 0 Å². The number of Topliss-reactive ketones (excluding diaryl/α,β-unsaturated/α-hetero) is 2. The van der Waals surface area contributed by atoms with Crippen LogP contribution in [0.5, 0.6) is 40.2 Å². The Kier molecular flexibility index (Phi) is 19.2. The summed E-state index contributed by atoms with van der Waals surface area (Å²) >= 11 is 0. The molecule has 0 spiro atoms. The standard InChI is InChI=1S/C27H34O10.C24H28O10/c1-14-18(11-28)7-16(8-19(14)12-29)24-22(15(2)30)23(27(31)35-6)25(37-24)17-9-20(33-4)26(36-13-32-3)21(10-17)34-5;1-11(27)18-19(24(30)33-4)23(13-7-16(31-2)21(29)17(8-13)32-3)34-22(18)12-5-14(9-25)20(28)15(6-12)10-26/h7-10,22-25,28-29H,11-13H2,1-6H3;5-8,18-19,22-23,25-26,28-29H,9-10H2,1-4H3/t22-,23-,24+,25+;18-,19-,22+,23+/m11/s1. The summed E-state index contributed by atoms with van der Waals surface area (Å²) in [6, 6.07) is 12.7. The third-order valence-electron chi connectivity index (χ3n) is 12.8. The fourth-order valence-electron chi connectivity index (χ4n) is 9.25. The molecule has 4 aromatic carbocycles. The number of hydrogen-bond acceptors (Lipinski definition) is 20. The van der Waals surface area contributed by atoms with Gasteiger partial charge in [-0.05, 0) is 96.1 Å². The van der Waals surface area contributed by atoms with Crippen LogP contribution in [0, 0.1) is 30.6 Å². The highest BCUT2D eigenvalue weighted by atomic mass is 16.7. The van der Waals surface area contributed by atoms with Gasteiger partial charge in [-0.3, -0.25) is 19.2 Å². The minimum absolute atomic E-state index is 0.0426. The van der Waals surface area contributed by atoms with Crippen molar-refractivity contribution in [1.82, 2.24) is 0 Å². The lowest BCUT2D eigenvalue weighted by atomic mass is 9.79. The highest BCUT2D eigenvalue weighted by Crippen LogP contribution is 2.55. The molecule has 0 aromatic heterocycles. The van der Waals surface area contributed by atoms with Crippen LogP contribution in [0.4, 0.5) is 0 Å². The Morgan fingerprint density at radius 3 is 1.11 bits per heavy atom. The topological polar surface area (TPSA) is 282 Å². The third-order valence-corrected chi connectivity index (χ3v) is 12.8. The number of phenolic OH excluding ortho intramolecular Hbond substituents is 1. The minimum Gasteiger partial charge on any atom is -0.507 e. The van der Waals surface area contributed by atoms with Crippen molar-refractivity contribution in [1.29, 1.82) is 0 Å². The number of methoxy groups -OCH3 is 7. The van der Waals surface area contributed by atoms with Crippen LogP contribution in [0.1, 0.15) is 88.3 Å². The Morgan fingerprint density at radius 2 is 0.803 bits per heavy atom. The van der Waals surface area contributed by atoms with Gasteiger partial charge in [-0.1, -0.05) is 12.1 Å². The monoisotopic (exact) mass is 994 g/mol. The molecule has 0 amide bonds. The zero-order valence-electron chi connectivity index (χ0n) is 41.2. The van der Waals surface area contributed by atoms with Crippen LogP contribution in [-0.2, 0) is 69.3 Å². The number of carbonyl (C=O) groups excluding carboxylic acids is 4. The smallest absolute Gasteiger partial charge is 0.312 e. The quantitative estimate of drug-likeness (QED) is 0.0549.